The zero-order chi connectivity index (χ0) is 24.3. The van der Waals surface area contributed by atoms with Crippen molar-refractivity contribution in [3.8, 4) is 17.4 Å². The Bertz CT molecular complexity index is 1350. The summed E-state index contributed by atoms with van der Waals surface area (Å²) in [5, 5.41) is 33.2. The number of nitro groups is 2. The summed E-state index contributed by atoms with van der Waals surface area (Å²) in [5.41, 5.74) is -0.813. The number of rotatable bonds is 6. The molecule has 0 unspecified atom stereocenters. The van der Waals surface area contributed by atoms with E-state index in [0.717, 1.165) is 18.2 Å². The van der Waals surface area contributed by atoms with Crippen LogP contribution in [0.3, 0.4) is 0 Å². The average Bonchev–Trinajstić information content (AvgIpc) is 3.22. The molecule has 3 rings (SSSR count). The molecule has 10 nitrogen and oxygen atoms in total. The van der Waals surface area contributed by atoms with Crippen LogP contribution in [0.15, 0.2) is 52.5 Å². The van der Waals surface area contributed by atoms with Crippen molar-refractivity contribution in [1.82, 2.24) is 0 Å². The lowest BCUT2D eigenvalue weighted by atomic mass is 10.1. The van der Waals surface area contributed by atoms with Crippen molar-refractivity contribution in [2.75, 3.05) is 5.32 Å². The number of carbonyl (C=O) groups excluding carboxylic acids is 1. The lowest BCUT2D eigenvalue weighted by Gasteiger charge is -2.08. The number of nitro benzene ring substituents is 2. The molecular formula is C20H9Cl3N4O6. The van der Waals surface area contributed by atoms with Crippen LogP contribution in [0.1, 0.15) is 5.76 Å². The van der Waals surface area contributed by atoms with Crippen molar-refractivity contribution >= 4 is 63.8 Å². The first kappa shape index (κ1) is 23.7. The molecule has 0 aliphatic carbocycles. The Morgan fingerprint density at radius 1 is 1.00 bits per heavy atom. The monoisotopic (exact) mass is 506 g/mol. The summed E-state index contributed by atoms with van der Waals surface area (Å²) in [4.78, 5) is 33.1. The lowest BCUT2D eigenvalue weighted by Crippen LogP contribution is -2.14. The Morgan fingerprint density at radius 3 is 2.24 bits per heavy atom. The first-order valence-electron chi connectivity index (χ1n) is 8.71. The number of hydrogen-bond donors (Lipinski definition) is 1. The third-order valence-electron chi connectivity index (χ3n) is 4.18. The van der Waals surface area contributed by atoms with Crippen molar-refractivity contribution in [3.63, 3.8) is 0 Å². The van der Waals surface area contributed by atoms with Crippen LogP contribution in [0.5, 0.6) is 0 Å². The Morgan fingerprint density at radius 2 is 1.67 bits per heavy atom. The van der Waals surface area contributed by atoms with Crippen molar-refractivity contribution in [2.24, 2.45) is 0 Å². The summed E-state index contributed by atoms with van der Waals surface area (Å²) < 4.78 is 5.57. The molecule has 1 N–H and O–H groups in total. The molecule has 0 saturated heterocycles. The van der Waals surface area contributed by atoms with Gasteiger partial charge in [-0.15, -0.1) is 0 Å². The van der Waals surface area contributed by atoms with E-state index in [0.29, 0.717) is 5.56 Å². The molecule has 0 fully saturated rings. The van der Waals surface area contributed by atoms with Gasteiger partial charge in [0.25, 0.3) is 17.3 Å². The van der Waals surface area contributed by atoms with Gasteiger partial charge in [0.1, 0.15) is 28.2 Å². The minimum absolute atomic E-state index is 0.0394. The van der Waals surface area contributed by atoms with E-state index in [4.69, 9.17) is 39.2 Å². The van der Waals surface area contributed by atoms with Crippen LogP contribution < -0.4 is 5.32 Å². The van der Waals surface area contributed by atoms with Gasteiger partial charge in [-0.1, -0.05) is 34.8 Å². The highest BCUT2D eigenvalue weighted by Gasteiger charge is 2.19. The maximum atomic E-state index is 12.5. The van der Waals surface area contributed by atoms with Crippen LogP contribution >= 0.6 is 34.8 Å². The van der Waals surface area contributed by atoms with E-state index in [9.17, 15) is 30.3 Å². The molecule has 0 aliphatic heterocycles. The fourth-order valence-corrected chi connectivity index (χ4v) is 3.40. The van der Waals surface area contributed by atoms with Crippen LogP contribution in [0.25, 0.3) is 17.4 Å². The molecule has 1 amide bonds. The summed E-state index contributed by atoms with van der Waals surface area (Å²) in [6.07, 6.45) is 1.14. The molecule has 0 saturated carbocycles. The molecule has 0 atom stereocenters. The first-order chi connectivity index (χ1) is 15.6. The number of amides is 1. The Balaban J connectivity index is 1.87. The van der Waals surface area contributed by atoms with Gasteiger partial charge in [0.15, 0.2) is 0 Å². The van der Waals surface area contributed by atoms with E-state index in [1.54, 1.807) is 6.07 Å². The summed E-state index contributed by atoms with van der Waals surface area (Å²) in [5.74, 6) is -0.550. The minimum atomic E-state index is -0.893. The number of benzene rings is 2. The molecule has 13 heteroatoms. The molecule has 0 radical (unpaired) electrons. The number of furan rings is 1. The second-order valence-electron chi connectivity index (χ2n) is 6.29. The van der Waals surface area contributed by atoms with Crippen molar-refractivity contribution in [2.45, 2.75) is 0 Å². The van der Waals surface area contributed by atoms with Crippen LogP contribution in [0.2, 0.25) is 15.1 Å². The Kier molecular flexibility index (Phi) is 6.98. The maximum Gasteiger partial charge on any atom is 0.288 e. The standard InChI is InChI=1S/C20H9Cl3N4O6/c21-14-3-1-10(6-17(14)27(31)32)18-4-2-13(33-18)5-11(9-24)20(28)25-19-15(22)7-12(26(29)30)8-16(19)23/h1-8H,(H,25,28)/b11-5+. The predicted molar refractivity (Wildman–Crippen MR) is 121 cm³/mol. The number of non-ortho nitro benzene ring substituents is 1. The number of hydrogen-bond acceptors (Lipinski definition) is 7. The van der Waals surface area contributed by atoms with Crippen molar-refractivity contribution in [1.29, 1.82) is 5.26 Å². The number of halogens is 3. The second-order valence-corrected chi connectivity index (χ2v) is 7.51. The van der Waals surface area contributed by atoms with Crippen molar-refractivity contribution in [3.05, 3.63) is 89.1 Å². The van der Waals surface area contributed by atoms with Crippen LogP contribution in [-0.4, -0.2) is 15.8 Å². The van der Waals surface area contributed by atoms with E-state index in [2.05, 4.69) is 5.32 Å². The highest BCUT2D eigenvalue weighted by Crippen LogP contribution is 2.35. The van der Waals surface area contributed by atoms with Crippen LogP contribution in [0, 0.1) is 31.6 Å². The Hall–Kier alpha value is -3.91. The largest absolute Gasteiger partial charge is 0.457 e. The highest BCUT2D eigenvalue weighted by atomic mass is 35.5. The van der Waals surface area contributed by atoms with Gasteiger partial charge in [-0.25, -0.2) is 0 Å². The minimum Gasteiger partial charge on any atom is -0.457 e. The third kappa shape index (κ3) is 5.30. The van der Waals surface area contributed by atoms with Gasteiger partial charge < -0.3 is 9.73 Å². The van der Waals surface area contributed by atoms with Crippen molar-refractivity contribution < 1.29 is 19.1 Å². The smallest absolute Gasteiger partial charge is 0.288 e. The number of nitriles is 1. The molecule has 33 heavy (non-hydrogen) atoms. The van der Waals surface area contributed by atoms with Gasteiger partial charge in [0, 0.05) is 29.8 Å². The van der Waals surface area contributed by atoms with E-state index in [1.807, 2.05) is 0 Å². The predicted octanol–water partition coefficient (Wildman–Crippen LogP) is 6.27. The summed E-state index contributed by atoms with van der Waals surface area (Å²) >= 11 is 17.7. The molecule has 0 spiro atoms. The van der Waals surface area contributed by atoms with Crippen LogP contribution in [-0.2, 0) is 4.79 Å². The molecule has 0 aliphatic rings. The maximum absolute atomic E-state index is 12.5. The van der Waals surface area contributed by atoms with Gasteiger partial charge in [0.05, 0.1) is 25.6 Å². The lowest BCUT2D eigenvalue weighted by molar-refractivity contribution is -0.384. The topological polar surface area (TPSA) is 152 Å². The highest BCUT2D eigenvalue weighted by molar-refractivity contribution is 6.40. The SMILES string of the molecule is N#C/C(=C\c1ccc(-c2ccc(Cl)c([N+](=O)[O-])c2)o1)C(=O)Nc1c(Cl)cc([N+](=O)[O-])cc1Cl. The van der Waals surface area contributed by atoms with Gasteiger partial charge >= 0.3 is 0 Å². The summed E-state index contributed by atoms with van der Waals surface area (Å²) in [7, 11) is 0. The van der Waals surface area contributed by atoms with E-state index < -0.39 is 15.8 Å². The molecular weight excluding hydrogens is 499 g/mol. The van der Waals surface area contributed by atoms with Gasteiger partial charge in [-0.3, -0.25) is 25.0 Å². The number of nitrogens with one attached hydrogen (secondary N) is 1. The van der Waals surface area contributed by atoms with Gasteiger partial charge in [-0.05, 0) is 24.3 Å². The fraction of sp³-hybridized carbons (Fsp3) is 0. The van der Waals surface area contributed by atoms with Gasteiger partial charge in [-0.2, -0.15) is 5.26 Å². The van der Waals surface area contributed by atoms with E-state index >= 15 is 0 Å². The number of nitrogens with zero attached hydrogens (tertiary/aromatic N) is 3. The fourth-order valence-electron chi connectivity index (χ4n) is 2.65. The second kappa shape index (κ2) is 9.70. The number of anilines is 1. The zero-order valence-corrected chi connectivity index (χ0v) is 18.3. The average molecular weight is 508 g/mol. The first-order valence-corrected chi connectivity index (χ1v) is 9.85. The quantitative estimate of drug-likeness (QED) is 0.178. The Labute approximate surface area is 199 Å². The van der Waals surface area contributed by atoms with Crippen LogP contribution in [0.4, 0.5) is 17.1 Å². The molecule has 1 aromatic heterocycles. The number of carbonyl (C=O) groups is 1. The van der Waals surface area contributed by atoms with Gasteiger partial charge in [0.2, 0.25) is 0 Å². The molecule has 2 aromatic carbocycles. The molecule has 0 bridgehead atoms. The summed E-state index contributed by atoms with van der Waals surface area (Å²) in [6, 6.07) is 10.7. The summed E-state index contributed by atoms with van der Waals surface area (Å²) in [6.45, 7) is 0. The molecule has 1 heterocycles. The van der Waals surface area contributed by atoms with E-state index in [-0.39, 0.29) is 49.2 Å². The molecule has 166 valence electrons. The molecule has 3 aromatic rings. The third-order valence-corrected chi connectivity index (χ3v) is 5.10. The normalized spacial score (nSPS) is 11.0. The van der Waals surface area contributed by atoms with E-state index in [1.165, 1.54) is 30.3 Å². The zero-order valence-electron chi connectivity index (χ0n) is 16.0.